The number of nitrogens with one attached hydrogen (secondary N) is 1. The average Bonchev–Trinajstić information content (AvgIpc) is 2.78. The molecule has 0 saturated heterocycles. The van der Waals surface area contributed by atoms with Crippen LogP contribution in [0.25, 0.3) is 10.9 Å². The van der Waals surface area contributed by atoms with Gasteiger partial charge in [-0.1, -0.05) is 18.2 Å². The summed E-state index contributed by atoms with van der Waals surface area (Å²) < 4.78 is 1.97. The first-order chi connectivity index (χ1) is 8.31. The molecule has 5 heteroatoms. The highest BCUT2D eigenvalue weighted by Gasteiger charge is 2.02. The zero-order valence-corrected chi connectivity index (χ0v) is 9.60. The standard InChI is InChI=1S/C12H16N4O/c13-15-12(17)7-3-4-8-16-11-6-2-1-5-10(11)9-14-16/h1-2,5-6,9H,3-4,7-8,13H2,(H,15,17). The number of amides is 1. The summed E-state index contributed by atoms with van der Waals surface area (Å²) in [6.45, 7) is 0.825. The van der Waals surface area contributed by atoms with Gasteiger partial charge in [-0.05, 0) is 18.9 Å². The third-order valence-corrected chi connectivity index (χ3v) is 2.74. The van der Waals surface area contributed by atoms with E-state index in [9.17, 15) is 4.79 Å². The molecule has 1 aromatic heterocycles. The molecule has 5 nitrogen and oxygen atoms in total. The number of aromatic nitrogens is 2. The Hall–Kier alpha value is -1.88. The van der Waals surface area contributed by atoms with E-state index in [0.717, 1.165) is 30.3 Å². The van der Waals surface area contributed by atoms with Crippen molar-refractivity contribution in [3.8, 4) is 0 Å². The fourth-order valence-electron chi connectivity index (χ4n) is 1.82. The van der Waals surface area contributed by atoms with Gasteiger partial charge in [0.1, 0.15) is 0 Å². The maximum Gasteiger partial charge on any atom is 0.233 e. The minimum absolute atomic E-state index is 0.115. The molecular formula is C12H16N4O. The van der Waals surface area contributed by atoms with E-state index in [0.29, 0.717) is 6.42 Å². The van der Waals surface area contributed by atoms with Gasteiger partial charge in [-0.15, -0.1) is 0 Å². The van der Waals surface area contributed by atoms with Crippen molar-refractivity contribution in [3.05, 3.63) is 30.5 Å². The van der Waals surface area contributed by atoms with Crippen LogP contribution in [0.5, 0.6) is 0 Å². The highest BCUT2D eigenvalue weighted by molar-refractivity contribution is 5.78. The molecule has 0 bridgehead atoms. The number of nitrogens with two attached hydrogens (primary N) is 1. The topological polar surface area (TPSA) is 72.9 Å². The van der Waals surface area contributed by atoms with Crippen LogP contribution in [-0.2, 0) is 11.3 Å². The summed E-state index contributed by atoms with van der Waals surface area (Å²) in [5, 5.41) is 5.47. The third-order valence-electron chi connectivity index (χ3n) is 2.74. The number of hydrogen-bond acceptors (Lipinski definition) is 3. The number of carbonyl (C=O) groups is 1. The summed E-state index contributed by atoms with van der Waals surface area (Å²) in [5.74, 6) is 4.89. The van der Waals surface area contributed by atoms with Crippen LogP contribution in [0.1, 0.15) is 19.3 Å². The van der Waals surface area contributed by atoms with Crippen LogP contribution in [0.15, 0.2) is 30.5 Å². The molecule has 17 heavy (non-hydrogen) atoms. The summed E-state index contributed by atoms with van der Waals surface area (Å²) in [7, 11) is 0. The molecule has 90 valence electrons. The van der Waals surface area contributed by atoms with Crippen molar-refractivity contribution in [2.45, 2.75) is 25.8 Å². The van der Waals surface area contributed by atoms with Gasteiger partial charge >= 0.3 is 0 Å². The summed E-state index contributed by atoms with van der Waals surface area (Å²) in [6, 6.07) is 8.10. The van der Waals surface area contributed by atoms with Crippen LogP contribution in [0.3, 0.4) is 0 Å². The number of unbranched alkanes of at least 4 members (excludes halogenated alkanes) is 1. The Morgan fingerprint density at radius 1 is 1.35 bits per heavy atom. The van der Waals surface area contributed by atoms with Gasteiger partial charge in [0.05, 0.1) is 11.7 Å². The number of aryl methyl sites for hydroxylation is 1. The third kappa shape index (κ3) is 2.82. The Labute approximate surface area is 99.6 Å². The number of para-hydroxylation sites is 1. The number of carbonyl (C=O) groups excluding carboxylic acids is 1. The van der Waals surface area contributed by atoms with E-state index < -0.39 is 0 Å². The van der Waals surface area contributed by atoms with E-state index >= 15 is 0 Å². The molecule has 0 saturated carbocycles. The molecule has 3 N–H and O–H groups in total. The molecule has 0 atom stereocenters. The molecule has 0 unspecified atom stereocenters. The molecule has 1 aromatic carbocycles. The number of rotatable bonds is 5. The first-order valence-electron chi connectivity index (χ1n) is 5.71. The molecule has 0 fully saturated rings. The maximum absolute atomic E-state index is 10.9. The van der Waals surface area contributed by atoms with Crippen molar-refractivity contribution in [1.29, 1.82) is 0 Å². The highest BCUT2D eigenvalue weighted by atomic mass is 16.2. The zero-order chi connectivity index (χ0) is 12.1. The molecule has 0 aliphatic heterocycles. The molecule has 2 rings (SSSR count). The van der Waals surface area contributed by atoms with Gasteiger partial charge in [0.15, 0.2) is 0 Å². The number of hydrazine groups is 1. The second kappa shape index (κ2) is 5.45. The monoisotopic (exact) mass is 232 g/mol. The maximum atomic E-state index is 10.9. The lowest BCUT2D eigenvalue weighted by Crippen LogP contribution is -2.29. The highest BCUT2D eigenvalue weighted by Crippen LogP contribution is 2.13. The Kier molecular flexibility index (Phi) is 3.72. The summed E-state index contributed by atoms with van der Waals surface area (Å²) in [4.78, 5) is 10.9. The van der Waals surface area contributed by atoms with Gasteiger partial charge in [0, 0.05) is 18.4 Å². The van der Waals surface area contributed by atoms with Crippen LogP contribution in [-0.4, -0.2) is 15.7 Å². The summed E-state index contributed by atoms with van der Waals surface area (Å²) >= 11 is 0. The molecular weight excluding hydrogens is 216 g/mol. The smallest absolute Gasteiger partial charge is 0.233 e. The van der Waals surface area contributed by atoms with Gasteiger partial charge < -0.3 is 0 Å². The van der Waals surface area contributed by atoms with Crippen molar-refractivity contribution in [1.82, 2.24) is 15.2 Å². The molecule has 1 amide bonds. The SMILES string of the molecule is NNC(=O)CCCCn1ncc2ccccc21. The Morgan fingerprint density at radius 3 is 3.00 bits per heavy atom. The molecule has 0 aliphatic carbocycles. The Bertz CT molecular complexity index is 506. The Morgan fingerprint density at radius 2 is 2.18 bits per heavy atom. The summed E-state index contributed by atoms with van der Waals surface area (Å²) in [6.07, 6.45) is 4.06. The van der Waals surface area contributed by atoms with Crippen LogP contribution < -0.4 is 11.3 Å². The lowest BCUT2D eigenvalue weighted by atomic mass is 10.2. The van der Waals surface area contributed by atoms with Crippen molar-refractivity contribution < 1.29 is 4.79 Å². The van der Waals surface area contributed by atoms with E-state index in [1.54, 1.807) is 0 Å². The number of hydrogen-bond donors (Lipinski definition) is 2. The van der Waals surface area contributed by atoms with Crippen LogP contribution in [0.4, 0.5) is 0 Å². The number of fused-ring (bicyclic) bond motifs is 1. The van der Waals surface area contributed by atoms with Crippen molar-refractivity contribution >= 4 is 16.8 Å². The molecule has 0 radical (unpaired) electrons. The van der Waals surface area contributed by atoms with E-state index in [1.807, 2.05) is 29.1 Å². The van der Waals surface area contributed by atoms with Crippen LogP contribution in [0, 0.1) is 0 Å². The lowest BCUT2D eigenvalue weighted by Gasteiger charge is -2.03. The fourth-order valence-corrected chi connectivity index (χ4v) is 1.82. The molecule has 0 aliphatic rings. The van der Waals surface area contributed by atoms with Crippen LogP contribution in [0.2, 0.25) is 0 Å². The number of nitrogens with zero attached hydrogens (tertiary/aromatic N) is 2. The fraction of sp³-hybridized carbons (Fsp3) is 0.333. The normalized spacial score (nSPS) is 10.6. The van der Waals surface area contributed by atoms with Crippen LogP contribution >= 0.6 is 0 Å². The second-order valence-electron chi connectivity index (χ2n) is 3.95. The predicted molar refractivity (Wildman–Crippen MR) is 65.9 cm³/mol. The minimum Gasteiger partial charge on any atom is -0.294 e. The Balaban J connectivity index is 1.89. The van der Waals surface area contributed by atoms with Gasteiger partial charge in [0.25, 0.3) is 0 Å². The van der Waals surface area contributed by atoms with Crippen molar-refractivity contribution in [2.24, 2.45) is 5.84 Å². The van der Waals surface area contributed by atoms with E-state index in [1.165, 1.54) is 0 Å². The van der Waals surface area contributed by atoms with E-state index in [4.69, 9.17) is 5.84 Å². The summed E-state index contributed by atoms with van der Waals surface area (Å²) in [5.41, 5.74) is 3.26. The van der Waals surface area contributed by atoms with Crippen molar-refractivity contribution in [2.75, 3.05) is 0 Å². The largest absolute Gasteiger partial charge is 0.294 e. The van der Waals surface area contributed by atoms with Gasteiger partial charge in [-0.25, -0.2) is 5.84 Å². The van der Waals surface area contributed by atoms with Gasteiger partial charge in [-0.3, -0.25) is 14.9 Å². The molecule has 0 spiro atoms. The van der Waals surface area contributed by atoms with E-state index in [-0.39, 0.29) is 5.91 Å². The van der Waals surface area contributed by atoms with E-state index in [2.05, 4.69) is 16.6 Å². The molecule has 2 aromatic rings. The van der Waals surface area contributed by atoms with Gasteiger partial charge in [-0.2, -0.15) is 5.10 Å². The average molecular weight is 232 g/mol. The second-order valence-corrected chi connectivity index (χ2v) is 3.95. The minimum atomic E-state index is -0.115. The van der Waals surface area contributed by atoms with Gasteiger partial charge in [0.2, 0.25) is 5.91 Å². The predicted octanol–water partition coefficient (Wildman–Crippen LogP) is 1.20. The first-order valence-corrected chi connectivity index (χ1v) is 5.71. The zero-order valence-electron chi connectivity index (χ0n) is 9.60. The number of benzene rings is 1. The first kappa shape index (κ1) is 11.6. The lowest BCUT2D eigenvalue weighted by molar-refractivity contribution is -0.121. The molecule has 1 heterocycles. The van der Waals surface area contributed by atoms with Crippen molar-refractivity contribution in [3.63, 3.8) is 0 Å². The quantitative estimate of drug-likeness (QED) is 0.352.